The SMILES string of the molecule is CC(Cc1cc[c]c(Br)c1)[SH](=O)=O. The Bertz CT molecular complexity index is 352. The topological polar surface area (TPSA) is 34.1 Å². The zero-order valence-corrected chi connectivity index (χ0v) is 9.64. The van der Waals surface area contributed by atoms with E-state index in [0.29, 0.717) is 6.42 Å². The van der Waals surface area contributed by atoms with Crippen molar-refractivity contribution in [2.45, 2.75) is 18.6 Å². The van der Waals surface area contributed by atoms with Crippen LogP contribution >= 0.6 is 15.9 Å². The zero-order chi connectivity index (χ0) is 9.84. The first-order valence-electron chi connectivity index (χ1n) is 3.89. The van der Waals surface area contributed by atoms with Crippen LogP contribution in [-0.4, -0.2) is 13.7 Å². The molecule has 1 radical (unpaired) electrons. The molecule has 13 heavy (non-hydrogen) atoms. The number of benzene rings is 1. The summed E-state index contributed by atoms with van der Waals surface area (Å²) in [6.45, 7) is 1.70. The van der Waals surface area contributed by atoms with Crippen molar-refractivity contribution in [2.75, 3.05) is 0 Å². The van der Waals surface area contributed by atoms with Crippen LogP contribution in [0.4, 0.5) is 0 Å². The predicted molar refractivity (Wildman–Crippen MR) is 56.5 cm³/mol. The van der Waals surface area contributed by atoms with Crippen LogP contribution in [0, 0.1) is 6.07 Å². The van der Waals surface area contributed by atoms with Crippen molar-refractivity contribution in [2.24, 2.45) is 0 Å². The average molecular weight is 262 g/mol. The Balaban J connectivity index is 2.74. The Morgan fingerprint density at radius 2 is 2.31 bits per heavy atom. The van der Waals surface area contributed by atoms with Gasteiger partial charge in [0.05, 0.1) is 5.25 Å². The Morgan fingerprint density at radius 3 is 2.85 bits per heavy atom. The molecule has 0 saturated carbocycles. The first-order chi connectivity index (χ1) is 6.09. The number of thiol groups is 1. The van der Waals surface area contributed by atoms with Gasteiger partial charge < -0.3 is 0 Å². The summed E-state index contributed by atoms with van der Waals surface area (Å²) in [5.74, 6) is 0. The second-order valence-electron chi connectivity index (χ2n) is 2.88. The van der Waals surface area contributed by atoms with E-state index in [1.54, 1.807) is 13.0 Å². The number of halogens is 1. The van der Waals surface area contributed by atoms with Crippen LogP contribution in [0.1, 0.15) is 12.5 Å². The summed E-state index contributed by atoms with van der Waals surface area (Å²) in [5, 5.41) is -0.302. The monoisotopic (exact) mass is 261 g/mol. The second kappa shape index (κ2) is 4.77. The molecule has 0 heterocycles. The van der Waals surface area contributed by atoms with E-state index in [4.69, 9.17) is 0 Å². The van der Waals surface area contributed by atoms with Crippen LogP contribution in [0.2, 0.25) is 0 Å². The van der Waals surface area contributed by atoms with Crippen molar-refractivity contribution < 1.29 is 8.42 Å². The van der Waals surface area contributed by atoms with Gasteiger partial charge in [-0.25, -0.2) is 8.42 Å². The van der Waals surface area contributed by atoms with Crippen molar-refractivity contribution in [3.05, 3.63) is 34.3 Å². The van der Waals surface area contributed by atoms with Gasteiger partial charge in [-0.1, -0.05) is 28.1 Å². The Morgan fingerprint density at radius 1 is 1.62 bits per heavy atom. The van der Waals surface area contributed by atoms with Crippen LogP contribution in [0.25, 0.3) is 0 Å². The molecule has 0 amide bonds. The van der Waals surface area contributed by atoms with Gasteiger partial charge in [-0.05, 0) is 31.0 Å². The van der Waals surface area contributed by atoms with Gasteiger partial charge in [0, 0.05) is 4.47 Å². The van der Waals surface area contributed by atoms with E-state index in [-0.39, 0.29) is 5.25 Å². The first-order valence-corrected chi connectivity index (χ1v) is 5.93. The third kappa shape index (κ3) is 3.48. The largest absolute Gasteiger partial charge is 0.232 e. The second-order valence-corrected chi connectivity index (χ2v) is 5.19. The molecule has 0 aliphatic carbocycles. The predicted octanol–water partition coefficient (Wildman–Crippen LogP) is 1.79. The summed E-state index contributed by atoms with van der Waals surface area (Å²) in [4.78, 5) is 0. The maximum absolute atomic E-state index is 10.6. The van der Waals surface area contributed by atoms with Crippen molar-refractivity contribution in [3.8, 4) is 0 Å². The molecule has 0 fully saturated rings. The Labute approximate surface area is 88.1 Å². The molecule has 0 N–H and O–H groups in total. The molecule has 71 valence electrons. The fraction of sp³-hybridized carbons (Fsp3) is 0.333. The smallest absolute Gasteiger partial charge is 0.143 e. The molecule has 0 aliphatic heterocycles. The van der Waals surface area contributed by atoms with Gasteiger partial charge in [-0.2, -0.15) is 0 Å². The fourth-order valence-corrected chi connectivity index (χ4v) is 1.81. The molecule has 0 spiro atoms. The maximum atomic E-state index is 10.6. The summed E-state index contributed by atoms with van der Waals surface area (Å²) in [6, 6.07) is 8.48. The minimum atomic E-state index is -2.32. The van der Waals surface area contributed by atoms with Gasteiger partial charge in [-0.15, -0.1) is 0 Å². The van der Waals surface area contributed by atoms with Gasteiger partial charge in [-0.3, -0.25) is 0 Å². The number of rotatable bonds is 3. The van der Waals surface area contributed by atoms with E-state index in [1.165, 1.54) is 0 Å². The Kier molecular flexibility index (Phi) is 3.93. The van der Waals surface area contributed by atoms with Gasteiger partial charge in [0.15, 0.2) is 0 Å². The van der Waals surface area contributed by atoms with E-state index in [2.05, 4.69) is 22.0 Å². The molecule has 1 rings (SSSR count). The van der Waals surface area contributed by atoms with E-state index >= 15 is 0 Å². The summed E-state index contributed by atoms with van der Waals surface area (Å²) >= 11 is 3.28. The highest BCUT2D eigenvalue weighted by Gasteiger charge is 2.05. The lowest BCUT2D eigenvalue weighted by molar-refractivity contribution is 0.602. The van der Waals surface area contributed by atoms with Crippen molar-refractivity contribution in [3.63, 3.8) is 0 Å². The summed E-state index contributed by atoms with van der Waals surface area (Å²) in [6.07, 6.45) is 0.561. The van der Waals surface area contributed by atoms with Crippen LogP contribution in [0.15, 0.2) is 22.7 Å². The summed E-state index contributed by atoms with van der Waals surface area (Å²) in [5.41, 5.74) is 1.01. The fourth-order valence-electron chi connectivity index (χ4n) is 1.02. The minimum Gasteiger partial charge on any atom is -0.232 e. The highest BCUT2D eigenvalue weighted by Crippen LogP contribution is 2.12. The third-order valence-electron chi connectivity index (χ3n) is 1.72. The molecule has 1 aromatic rings. The van der Waals surface area contributed by atoms with Crippen molar-refractivity contribution in [1.29, 1.82) is 0 Å². The summed E-state index contributed by atoms with van der Waals surface area (Å²) in [7, 11) is -2.32. The van der Waals surface area contributed by atoms with Gasteiger partial charge in [0.1, 0.15) is 10.7 Å². The third-order valence-corrected chi connectivity index (χ3v) is 3.08. The van der Waals surface area contributed by atoms with E-state index in [0.717, 1.165) is 10.0 Å². The summed E-state index contributed by atoms with van der Waals surface area (Å²) < 4.78 is 22.1. The molecule has 1 atom stereocenters. The van der Waals surface area contributed by atoms with E-state index in [9.17, 15) is 8.42 Å². The van der Waals surface area contributed by atoms with Gasteiger partial charge >= 0.3 is 0 Å². The number of hydrogen-bond acceptors (Lipinski definition) is 2. The van der Waals surface area contributed by atoms with Crippen LogP contribution < -0.4 is 0 Å². The lowest BCUT2D eigenvalue weighted by Gasteiger charge is -2.03. The highest BCUT2D eigenvalue weighted by atomic mass is 79.9. The van der Waals surface area contributed by atoms with Gasteiger partial charge in [0.25, 0.3) is 0 Å². The minimum absolute atomic E-state index is 0.302. The standard InChI is InChI=1S/C9H10BrO2S/c1-7(13(11)12)5-8-3-2-4-9(10)6-8/h2-3,6-7,13H,5H2,1H3. The first kappa shape index (κ1) is 10.7. The molecule has 1 aromatic carbocycles. The lowest BCUT2D eigenvalue weighted by Crippen LogP contribution is -2.07. The highest BCUT2D eigenvalue weighted by molar-refractivity contribution is 9.10. The number of hydrogen-bond donors (Lipinski definition) is 1. The van der Waals surface area contributed by atoms with Crippen molar-refractivity contribution in [1.82, 2.24) is 0 Å². The molecular weight excluding hydrogens is 252 g/mol. The molecule has 4 heteroatoms. The molecular formula is C9H10BrO2S. The molecule has 2 nitrogen and oxygen atoms in total. The average Bonchev–Trinajstić information content (AvgIpc) is 2.04. The van der Waals surface area contributed by atoms with Gasteiger partial charge in [0.2, 0.25) is 0 Å². The molecule has 1 unspecified atom stereocenters. The van der Waals surface area contributed by atoms with E-state index < -0.39 is 10.7 Å². The Hall–Kier alpha value is -0.350. The van der Waals surface area contributed by atoms with Crippen molar-refractivity contribution >= 4 is 26.6 Å². The normalized spacial score (nSPS) is 13.2. The van der Waals surface area contributed by atoms with Crippen LogP contribution in [0.5, 0.6) is 0 Å². The zero-order valence-electron chi connectivity index (χ0n) is 7.16. The molecule has 0 aromatic heterocycles. The molecule has 0 aliphatic rings. The van der Waals surface area contributed by atoms with Crippen LogP contribution in [0.3, 0.4) is 0 Å². The molecule has 0 bridgehead atoms. The lowest BCUT2D eigenvalue weighted by atomic mass is 10.1. The quantitative estimate of drug-likeness (QED) is 0.843. The molecule has 0 saturated heterocycles. The van der Waals surface area contributed by atoms with E-state index in [1.807, 2.05) is 12.1 Å². The van der Waals surface area contributed by atoms with Crippen LogP contribution in [-0.2, 0) is 17.1 Å². The maximum Gasteiger partial charge on any atom is 0.143 e.